The maximum absolute atomic E-state index is 10.5. The molecule has 0 saturated heterocycles. The molecular formula is C9H9N5O2. The molecule has 0 bridgehead atoms. The topological polar surface area (TPSA) is 85.9 Å². The first kappa shape index (κ1) is 10.1. The van der Waals surface area contributed by atoms with Gasteiger partial charge in [0.15, 0.2) is 5.82 Å². The molecule has 0 fully saturated rings. The number of rotatable bonds is 3. The number of pyridine rings is 1. The monoisotopic (exact) mass is 219 g/mol. The molecule has 0 aliphatic carbocycles. The minimum Gasteiger partial charge on any atom is -0.323 e. The average molecular weight is 219 g/mol. The van der Waals surface area contributed by atoms with Crippen LogP contribution in [-0.2, 0) is 7.05 Å². The molecule has 0 spiro atoms. The Morgan fingerprint density at radius 2 is 2.25 bits per heavy atom. The fourth-order valence-electron chi connectivity index (χ4n) is 1.21. The summed E-state index contributed by atoms with van der Waals surface area (Å²) in [5, 5.41) is 17.5. The molecule has 2 aromatic rings. The largest absolute Gasteiger partial charge is 0.323 e. The van der Waals surface area contributed by atoms with Gasteiger partial charge in [0, 0.05) is 31.6 Å². The van der Waals surface area contributed by atoms with Crippen LogP contribution < -0.4 is 5.32 Å². The van der Waals surface area contributed by atoms with E-state index in [1.165, 1.54) is 18.3 Å². The lowest BCUT2D eigenvalue weighted by molar-refractivity contribution is -0.384. The van der Waals surface area contributed by atoms with Crippen LogP contribution in [0.15, 0.2) is 30.6 Å². The number of nitrogens with one attached hydrogen (secondary N) is 1. The number of aromatic nitrogens is 3. The third-order valence-electron chi connectivity index (χ3n) is 1.92. The number of anilines is 2. The third-order valence-corrected chi connectivity index (χ3v) is 1.92. The highest BCUT2D eigenvalue weighted by molar-refractivity contribution is 5.54. The van der Waals surface area contributed by atoms with Crippen LogP contribution in [-0.4, -0.2) is 19.7 Å². The number of hydrogen-bond donors (Lipinski definition) is 1. The van der Waals surface area contributed by atoms with Gasteiger partial charge in [0.25, 0.3) is 5.69 Å². The highest BCUT2D eigenvalue weighted by atomic mass is 16.6. The zero-order valence-corrected chi connectivity index (χ0v) is 8.49. The number of nitro groups is 1. The maximum atomic E-state index is 10.5. The first-order chi connectivity index (χ1) is 7.65. The first-order valence-electron chi connectivity index (χ1n) is 4.52. The van der Waals surface area contributed by atoms with Crippen molar-refractivity contribution in [2.24, 2.45) is 7.05 Å². The number of nitrogens with zero attached hydrogens (tertiary/aromatic N) is 4. The molecule has 7 nitrogen and oxygen atoms in total. The minimum atomic E-state index is -0.467. The van der Waals surface area contributed by atoms with Crippen LogP contribution in [0, 0.1) is 10.1 Å². The van der Waals surface area contributed by atoms with Gasteiger partial charge < -0.3 is 5.32 Å². The van der Waals surface area contributed by atoms with Gasteiger partial charge in [0.1, 0.15) is 5.82 Å². The van der Waals surface area contributed by atoms with Gasteiger partial charge in [0.05, 0.1) is 11.0 Å². The summed E-state index contributed by atoms with van der Waals surface area (Å²) < 4.78 is 1.62. The van der Waals surface area contributed by atoms with Crippen LogP contribution in [0.5, 0.6) is 0 Å². The molecule has 82 valence electrons. The Kier molecular flexibility index (Phi) is 2.50. The van der Waals surface area contributed by atoms with E-state index in [1.807, 2.05) is 0 Å². The van der Waals surface area contributed by atoms with Gasteiger partial charge in [-0.15, -0.1) is 0 Å². The molecule has 2 aromatic heterocycles. The zero-order valence-electron chi connectivity index (χ0n) is 8.49. The number of hydrogen-bond acceptors (Lipinski definition) is 5. The quantitative estimate of drug-likeness (QED) is 0.624. The highest BCUT2D eigenvalue weighted by Gasteiger charge is 2.07. The fourth-order valence-corrected chi connectivity index (χ4v) is 1.21. The zero-order chi connectivity index (χ0) is 11.5. The fraction of sp³-hybridized carbons (Fsp3) is 0.111. The standard InChI is InChI=1S/C9H9N5O2/c1-13-5-3-8(12-13)11-9-6-7(14(15)16)2-4-10-9/h2-6H,1H3,(H,10,11,12). The van der Waals surface area contributed by atoms with Crippen LogP contribution in [0.25, 0.3) is 0 Å². The van der Waals surface area contributed by atoms with E-state index in [2.05, 4.69) is 15.4 Å². The SMILES string of the molecule is Cn1ccc(Nc2cc([N+](=O)[O-])ccn2)n1. The van der Waals surface area contributed by atoms with Crippen molar-refractivity contribution in [3.05, 3.63) is 40.7 Å². The smallest absolute Gasteiger partial charge is 0.274 e. The van der Waals surface area contributed by atoms with E-state index in [0.29, 0.717) is 11.6 Å². The first-order valence-corrected chi connectivity index (χ1v) is 4.52. The van der Waals surface area contributed by atoms with Crippen molar-refractivity contribution in [3.63, 3.8) is 0 Å². The van der Waals surface area contributed by atoms with Crippen LogP contribution >= 0.6 is 0 Å². The molecular weight excluding hydrogens is 210 g/mol. The summed E-state index contributed by atoms with van der Waals surface area (Å²) in [6.45, 7) is 0. The summed E-state index contributed by atoms with van der Waals surface area (Å²) in [6, 6.07) is 4.44. The molecule has 2 heterocycles. The summed E-state index contributed by atoms with van der Waals surface area (Å²) in [6.07, 6.45) is 3.14. The van der Waals surface area contributed by atoms with E-state index in [1.54, 1.807) is 24.0 Å². The molecule has 0 atom stereocenters. The van der Waals surface area contributed by atoms with Gasteiger partial charge in [-0.05, 0) is 0 Å². The van der Waals surface area contributed by atoms with Crippen molar-refractivity contribution < 1.29 is 4.92 Å². The van der Waals surface area contributed by atoms with Crippen molar-refractivity contribution >= 4 is 17.3 Å². The second-order valence-corrected chi connectivity index (χ2v) is 3.16. The molecule has 0 radical (unpaired) electrons. The van der Waals surface area contributed by atoms with Crippen molar-refractivity contribution in [2.75, 3.05) is 5.32 Å². The maximum Gasteiger partial charge on any atom is 0.274 e. The molecule has 1 N–H and O–H groups in total. The average Bonchev–Trinajstić information content (AvgIpc) is 2.64. The normalized spacial score (nSPS) is 10.1. The molecule has 16 heavy (non-hydrogen) atoms. The Morgan fingerprint density at radius 1 is 1.44 bits per heavy atom. The van der Waals surface area contributed by atoms with Gasteiger partial charge in [-0.1, -0.05) is 0 Å². The number of aryl methyl sites for hydroxylation is 1. The Morgan fingerprint density at radius 3 is 2.88 bits per heavy atom. The lowest BCUT2D eigenvalue weighted by Gasteiger charge is -2.00. The van der Waals surface area contributed by atoms with E-state index in [4.69, 9.17) is 0 Å². The Hall–Kier alpha value is -2.44. The van der Waals surface area contributed by atoms with E-state index < -0.39 is 4.92 Å². The second kappa shape index (κ2) is 3.97. The van der Waals surface area contributed by atoms with Crippen molar-refractivity contribution in [3.8, 4) is 0 Å². The highest BCUT2D eigenvalue weighted by Crippen LogP contribution is 2.17. The lowest BCUT2D eigenvalue weighted by Crippen LogP contribution is -1.97. The van der Waals surface area contributed by atoms with Gasteiger partial charge in [-0.2, -0.15) is 5.10 Å². The Balaban J connectivity index is 2.21. The third kappa shape index (κ3) is 2.14. The molecule has 0 unspecified atom stereocenters. The molecule has 2 rings (SSSR count). The summed E-state index contributed by atoms with van der Waals surface area (Å²) in [5.41, 5.74) is -0.00608. The summed E-state index contributed by atoms with van der Waals surface area (Å²) >= 11 is 0. The minimum absolute atomic E-state index is 0.00608. The van der Waals surface area contributed by atoms with Gasteiger partial charge >= 0.3 is 0 Å². The molecule has 7 heteroatoms. The van der Waals surface area contributed by atoms with Gasteiger partial charge in [0.2, 0.25) is 0 Å². The molecule has 0 aliphatic rings. The molecule has 0 aromatic carbocycles. The van der Waals surface area contributed by atoms with E-state index >= 15 is 0 Å². The van der Waals surface area contributed by atoms with Crippen LogP contribution in [0.3, 0.4) is 0 Å². The summed E-state index contributed by atoms with van der Waals surface area (Å²) in [4.78, 5) is 14.0. The Bertz CT molecular complexity index is 522. The molecule has 0 saturated carbocycles. The van der Waals surface area contributed by atoms with E-state index in [9.17, 15) is 10.1 Å². The Labute approximate surface area is 90.9 Å². The lowest BCUT2D eigenvalue weighted by atomic mass is 10.4. The summed E-state index contributed by atoms with van der Waals surface area (Å²) in [5.74, 6) is 0.989. The molecule has 0 amide bonds. The van der Waals surface area contributed by atoms with Crippen molar-refractivity contribution in [2.45, 2.75) is 0 Å². The predicted octanol–water partition coefficient (Wildman–Crippen LogP) is 1.47. The van der Waals surface area contributed by atoms with Crippen LogP contribution in [0.1, 0.15) is 0 Å². The van der Waals surface area contributed by atoms with Crippen LogP contribution in [0.2, 0.25) is 0 Å². The van der Waals surface area contributed by atoms with Gasteiger partial charge in [-0.3, -0.25) is 14.8 Å². The predicted molar refractivity (Wildman–Crippen MR) is 57.4 cm³/mol. The van der Waals surface area contributed by atoms with Crippen molar-refractivity contribution in [1.82, 2.24) is 14.8 Å². The van der Waals surface area contributed by atoms with E-state index in [0.717, 1.165) is 0 Å². The van der Waals surface area contributed by atoms with Crippen molar-refractivity contribution in [1.29, 1.82) is 0 Å². The molecule has 0 aliphatic heterocycles. The van der Waals surface area contributed by atoms with Gasteiger partial charge in [-0.25, -0.2) is 4.98 Å². The van der Waals surface area contributed by atoms with E-state index in [-0.39, 0.29) is 5.69 Å². The van der Waals surface area contributed by atoms with Crippen LogP contribution in [0.4, 0.5) is 17.3 Å². The second-order valence-electron chi connectivity index (χ2n) is 3.16. The summed E-state index contributed by atoms with van der Waals surface area (Å²) in [7, 11) is 1.78.